The first-order valence-electron chi connectivity index (χ1n) is 8.47. The number of hydrogen-bond donors (Lipinski definition) is 3. The van der Waals surface area contributed by atoms with Gasteiger partial charge in [-0.3, -0.25) is 0 Å². The van der Waals surface area contributed by atoms with Gasteiger partial charge in [-0.05, 0) is 50.1 Å². The van der Waals surface area contributed by atoms with E-state index in [1.165, 1.54) is 18.4 Å². The maximum Gasteiger partial charge on any atom is 0.222 e. The molecule has 2 heterocycles. The molecule has 5 heteroatoms. The van der Waals surface area contributed by atoms with Gasteiger partial charge in [-0.2, -0.15) is 4.98 Å². The van der Waals surface area contributed by atoms with Gasteiger partial charge in [0.15, 0.2) is 0 Å². The highest BCUT2D eigenvalue weighted by atomic mass is 15.0. The van der Waals surface area contributed by atoms with Crippen molar-refractivity contribution >= 4 is 11.8 Å². The van der Waals surface area contributed by atoms with Crippen LogP contribution < -0.4 is 16.8 Å². The Morgan fingerprint density at radius 3 is 2.70 bits per heavy atom. The van der Waals surface area contributed by atoms with Gasteiger partial charge in [0.1, 0.15) is 5.82 Å². The lowest BCUT2D eigenvalue weighted by molar-refractivity contribution is 0.332. The van der Waals surface area contributed by atoms with Gasteiger partial charge in [0, 0.05) is 17.2 Å². The topological polar surface area (TPSA) is 89.8 Å². The van der Waals surface area contributed by atoms with Crippen molar-refractivity contribution < 1.29 is 0 Å². The molecule has 1 aliphatic heterocycles. The summed E-state index contributed by atoms with van der Waals surface area (Å²) in [4.78, 5) is 8.80. The molecule has 0 radical (unpaired) electrons. The van der Waals surface area contributed by atoms with Crippen LogP contribution in [-0.2, 0) is 6.42 Å². The van der Waals surface area contributed by atoms with Gasteiger partial charge in [0.2, 0.25) is 5.95 Å². The van der Waals surface area contributed by atoms with Crippen LogP contribution in [0.4, 0.5) is 11.8 Å². The summed E-state index contributed by atoms with van der Waals surface area (Å²) in [5.74, 6) is 1.22. The molecule has 2 unspecified atom stereocenters. The van der Waals surface area contributed by atoms with E-state index in [0.717, 1.165) is 42.6 Å². The van der Waals surface area contributed by atoms with Gasteiger partial charge < -0.3 is 16.8 Å². The number of aryl methyl sites for hydroxylation is 1. The van der Waals surface area contributed by atoms with Crippen molar-refractivity contribution in [3.05, 3.63) is 35.4 Å². The molecule has 1 aromatic carbocycles. The van der Waals surface area contributed by atoms with Crippen LogP contribution in [0, 0.1) is 0 Å². The fraction of sp³-hybridized carbons (Fsp3) is 0.444. The normalized spacial score (nSPS) is 22.6. The second kappa shape index (κ2) is 5.81. The molecule has 120 valence electrons. The molecule has 2 aliphatic rings. The van der Waals surface area contributed by atoms with E-state index in [1.807, 2.05) is 0 Å². The van der Waals surface area contributed by atoms with E-state index in [0.29, 0.717) is 17.8 Å². The lowest BCUT2D eigenvalue weighted by atomic mass is 9.87. The minimum absolute atomic E-state index is 0.261. The fourth-order valence-electron chi connectivity index (χ4n) is 3.84. The number of hydrogen-bond acceptors (Lipinski definition) is 5. The molecule has 4 rings (SSSR count). The van der Waals surface area contributed by atoms with Crippen LogP contribution in [0.5, 0.6) is 0 Å². The molecule has 1 fully saturated rings. The number of fused-ring (bicyclic) bond motifs is 3. The van der Waals surface area contributed by atoms with E-state index in [9.17, 15) is 0 Å². The maximum absolute atomic E-state index is 6.27. The first kappa shape index (κ1) is 14.5. The third kappa shape index (κ3) is 2.65. The van der Waals surface area contributed by atoms with Crippen LogP contribution in [0.15, 0.2) is 24.3 Å². The Bertz CT molecular complexity index is 723. The predicted octanol–water partition coefficient (Wildman–Crippen LogP) is 2.48. The maximum atomic E-state index is 6.27. The number of nitrogens with two attached hydrogens (primary N) is 2. The first-order chi connectivity index (χ1) is 11.2. The average molecular weight is 309 g/mol. The summed E-state index contributed by atoms with van der Waals surface area (Å²) in [6.45, 7) is 1.15. The lowest BCUT2D eigenvalue weighted by Crippen LogP contribution is -2.42. The van der Waals surface area contributed by atoms with Gasteiger partial charge in [-0.1, -0.05) is 24.3 Å². The van der Waals surface area contributed by atoms with Gasteiger partial charge in [0.25, 0.3) is 0 Å². The molecule has 0 saturated carbocycles. The van der Waals surface area contributed by atoms with Crippen molar-refractivity contribution in [2.45, 2.75) is 44.1 Å². The molecular formula is C18H23N5. The van der Waals surface area contributed by atoms with Gasteiger partial charge >= 0.3 is 0 Å². The molecule has 1 saturated heterocycles. The fourth-order valence-corrected chi connectivity index (χ4v) is 3.84. The standard InChI is InChI=1S/C18H23N5/c19-17-15-12(7-8-13-9-10-21-13)6-5-11-3-1-2-4-14(11)16(15)22-18(20)23-17/h1-4,12-13,21H,5-10H2,(H4,19,20,22,23). The molecule has 1 aliphatic carbocycles. The van der Waals surface area contributed by atoms with Crippen LogP contribution in [-0.4, -0.2) is 22.6 Å². The van der Waals surface area contributed by atoms with E-state index >= 15 is 0 Å². The van der Waals surface area contributed by atoms with Crippen LogP contribution in [0.1, 0.15) is 42.7 Å². The van der Waals surface area contributed by atoms with Gasteiger partial charge in [-0.15, -0.1) is 0 Å². The van der Waals surface area contributed by atoms with Crippen molar-refractivity contribution in [3.63, 3.8) is 0 Å². The number of nitrogen functional groups attached to an aromatic ring is 2. The Hall–Kier alpha value is -2.14. The molecule has 0 spiro atoms. The van der Waals surface area contributed by atoms with Crippen LogP contribution in [0.2, 0.25) is 0 Å². The zero-order valence-corrected chi connectivity index (χ0v) is 13.3. The molecule has 2 aromatic rings. The van der Waals surface area contributed by atoms with Crippen molar-refractivity contribution in [1.82, 2.24) is 15.3 Å². The van der Waals surface area contributed by atoms with Crippen molar-refractivity contribution in [1.29, 1.82) is 0 Å². The molecule has 0 amide bonds. The summed E-state index contributed by atoms with van der Waals surface area (Å²) in [5.41, 5.74) is 16.7. The molecular weight excluding hydrogens is 286 g/mol. The molecule has 0 bridgehead atoms. The van der Waals surface area contributed by atoms with Crippen molar-refractivity contribution in [3.8, 4) is 11.3 Å². The molecule has 5 nitrogen and oxygen atoms in total. The highest BCUT2D eigenvalue weighted by Gasteiger charge is 2.28. The summed E-state index contributed by atoms with van der Waals surface area (Å²) in [5, 5.41) is 3.48. The third-order valence-corrected chi connectivity index (χ3v) is 5.22. The minimum Gasteiger partial charge on any atom is -0.383 e. The largest absolute Gasteiger partial charge is 0.383 e. The Morgan fingerprint density at radius 2 is 1.91 bits per heavy atom. The second-order valence-corrected chi connectivity index (χ2v) is 6.64. The van der Waals surface area contributed by atoms with E-state index < -0.39 is 0 Å². The van der Waals surface area contributed by atoms with Gasteiger partial charge in [0.05, 0.1) is 5.69 Å². The number of nitrogens with zero attached hydrogens (tertiary/aromatic N) is 2. The summed E-state index contributed by atoms with van der Waals surface area (Å²) in [6.07, 6.45) is 5.73. The zero-order chi connectivity index (χ0) is 15.8. The number of anilines is 2. The van der Waals surface area contributed by atoms with Gasteiger partial charge in [-0.25, -0.2) is 4.98 Å². The Morgan fingerprint density at radius 1 is 1.09 bits per heavy atom. The Balaban J connectivity index is 1.75. The molecule has 1 aromatic heterocycles. The highest BCUT2D eigenvalue weighted by molar-refractivity contribution is 5.73. The first-order valence-corrected chi connectivity index (χ1v) is 8.47. The Kier molecular flexibility index (Phi) is 3.65. The van der Waals surface area contributed by atoms with Crippen molar-refractivity contribution in [2.24, 2.45) is 0 Å². The highest BCUT2D eigenvalue weighted by Crippen LogP contribution is 2.42. The molecule has 5 N–H and O–H groups in total. The van der Waals surface area contributed by atoms with E-state index in [-0.39, 0.29) is 5.95 Å². The van der Waals surface area contributed by atoms with Crippen LogP contribution >= 0.6 is 0 Å². The summed E-state index contributed by atoms with van der Waals surface area (Å²) in [7, 11) is 0. The summed E-state index contributed by atoms with van der Waals surface area (Å²) >= 11 is 0. The van der Waals surface area contributed by atoms with Crippen molar-refractivity contribution in [2.75, 3.05) is 18.0 Å². The second-order valence-electron chi connectivity index (χ2n) is 6.64. The number of nitrogens with one attached hydrogen (secondary N) is 1. The zero-order valence-electron chi connectivity index (χ0n) is 13.3. The molecule has 2 atom stereocenters. The number of rotatable bonds is 3. The monoisotopic (exact) mass is 309 g/mol. The van der Waals surface area contributed by atoms with Crippen LogP contribution in [0.25, 0.3) is 11.3 Å². The number of benzene rings is 1. The SMILES string of the molecule is Nc1nc(N)c2c(n1)-c1ccccc1CCC2CCC1CCN1. The summed E-state index contributed by atoms with van der Waals surface area (Å²) in [6, 6.07) is 9.11. The third-order valence-electron chi connectivity index (χ3n) is 5.22. The average Bonchev–Trinajstić information content (AvgIpc) is 2.64. The van der Waals surface area contributed by atoms with E-state index in [4.69, 9.17) is 11.5 Å². The smallest absolute Gasteiger partial charge is 0.222 e. The minimum atomic E-state index is 0.261. The Labute approximate surface area is 136 Å². The van der Waals surface area contributed by atoms with E-state index in [2.05, 4.69) is 39.6 Å². The quantitative estimate of drug-likeness (QED) is 0.810. The van der Waals surface area contributed by atoms with Crippen LogP contribution in [0.3, 0.4) is 0 Å². The molecule has 23 heavy (non-hydrogen) atoms. The summed E-state index contributed by atoms with van der Waals surface area (Å²) < 4.78 is 0. The predicted molar refractivity (Wildman–Crippen MR) is 93.0 cm³/mol. The van der Waals surface area contributed by atoms with E-state index in [1.54, 1.807) is 0 Å². The lowest BCUT2D eigenvalue weighted by Gasteiger charge is -2.29. The number of aromatic nitrogens is 2.